The van der Waals surface area contributed by atoms with Crippen LogP contribution in [0.25, 0.3) is 22.2 Å². The zero-order valence-electron chi connectivity index (χ0n) is 22.1. The molecule has 1 aromatic heterocycles. The number of carbonyl (C=O) groups is 3. The Labute approximate surface area is 223 Å². The first-order valence-corrected chi connectivity index (χ1v) is 13.5. The second-order valence-electron chi connectivity index (χ2n) is 10.0. The number of benzene rings is 2. The molecule has 2 heterocycles. The fourth-order valence-corrected chi connectivity index (χ4v) is 5.23. The van der Waals surface area contributed by atoms with Crippen molar-refractivity contribution in [2.24, 2.45) is 5.73 Å². The SMILES string of the molecule is CC(=O)CCCCC[C@@H](C(=O)NCCc1c(-c2ccccc2)[nH]c2ccccc12)N1CCOC(C(N)=O)C1. The monoisotopic (exact) mass is 518 g/mol. The van der Waals surface area contributed by atoms with E-state index in [1.807, 2.05) is 35.2 Å². The summed E-state index contributed by atoms with van der Waals surface area (Å²) in [5.74, 6) is -0.380. The average molecular weight is 519 g/mol. The van der Waals surface area contributed by atoms with Crippen LogP contribution in [-0.2, 0) is 25.5 Å². The largest absolute Gasteiger partial charge is 0.367 e. The summed E-state index contributed by atoms with van der Waals surface area (Å²) in [7, 11) is 0. The van der Waals surface area contributed by atoms with Crippen molar-refractivity contribution in [3.63, 3.8) is 0 Å². The zero-order chi connectivity index (χ0) is 26.9. The van der Waals surface area contributed by atoms with E-state index in [1.54, 1.807) is 6.92 Å². The number of aromatic amines is 1. The summed E-state index contributed by atoms with van der Waals surface area (Å²) in [6, 6.07) is 18.1. The molecule has 0 saturated carbocycles. The third kappa shape index (κ3) is 7.08. The minimum absolute atomic E-state index is 0.0530. The van der Waals surface area contributed by atoms with Gasteiger partial charge in [-0.25, -0.2) is 0 Å². The first-order valence-electron chi connectivity index (χ1n) is 13.5. The number of ketones is 1. The number of nitrogens with one attached hydrogen (secondary N) is 2. The smallest absolute Gasteiger partial charge is 0.247 e. The number of carbonyl (C=O) groups excluding carboxylic acids is 3. The lowest BCUT2D eigenvalue weighted by atomic mass is 10.0. The summed E-state index contributed by atoms with van der Waals surface area (Å²) < 4.78 is 5.51. The van der Waals surface area contributed by atoms with Crippen molar-refractivity contribution >= 4 is 28.5 Å². The fourth-order valence-electron chi connectivity index (χ4n) is 5.23. The second kappa shape index (κ2) is 13.3. The van der Waals surface area contributed by atoms with Gasteiger partial charge in [-0.3, -0.25) is 14.5 Å². The molecule has 0 radical (unpaired) electrons. The topological polar surface area (TPSA) is 118 Å². The minimum atomic E-state index is -0.712. The number of amides is 2. The van der Waals surface area contributed by atoms with Gasteiger partial charge in [0.15, 0.2) is 0 Å². The highest BCUT2D eigenvalue weighted by atomic mass is 16.5. The van der Waals surface area contributed by atoms with E-state index in [2.05, 4.69) is 34.6 Å². The molecule has 3 aromatic rings. The Kier molecular flexibility index (Phi) is 9.67. The molecule has 1 aliphatic rings. The maximum absolute atomic E-state index is 13.5. The van der Waals surface area contributed by atoms with Crippen molar-refractivity contribution in [3.8, 4) is 11.3 Å². The number of hydrogen-bond donors (Lipinski definition) is 3. The van der Waals surface area contributed by atoms with Gasteiger partial charge in [0.05, 0.1) is 12.6 Å². The Balaban J connectivity index is 1.44. The van der Waals surface area contributed by atoms with E-state index in [9.17, 15) is 14.4 Å². The molecule has 0 spiro atoms. The number of primary amides is 1. The molecule has 0 aliphatic carbocycles. The van der Waals surface area contributed by atoms with Crippen LogP contribution >= 0.6 is 0 Å². The van der Waals surface area contributed by atoms with Crippen LogP contribution in [0.1, 0.15) is 44.6 Å². The predicted octanol–water partition coefficient (Wildman–Crippen LogP) is 3.59. The van der Waals surface area contributed by atoms with E-state index in [4.69, 9.17) is 10.5 Å². The average Bonchev–Trinajstić information content (AvgIpc) is 3.29. The third-order valence-electron chi connectivity index (χ3n) is 7.22. The molecular weight excluding hydrogens is 480 g/mol. The van der Waals surface area contributed by atoms with Crippen LogP contribution in [0.2, 0.25) is 0 Å². The van der Waals surface area contributed by atoms with Crippen LogP contribution in [0.15, 0.2) is 54.6 Å². The molecule has 2 aromatic carbocycles. The molecule has 2 atom stereocenters. The molecule has 1 fully saturated rings. The Morgan fingerprint density at radius 3 is 2.61 bits per heavy atom. The second-order valence-corrected chi connectivity index (χ2v) is 10.0. The van der Waals surface area contributed by atoms with Gasteiger partial charge in [0.2, 0.25) is 11.8 Å². The number of aromatic nitrogens is 1. The first-order chi connectivity index (χ1) is 18.4. The highest BCUT2D eigenvalue weighted by Gasteiger charge is 2.32. The van der Waals surface area contributed by atoms with E-state index < -0.39 is 12.0 Å². The third-order valence-corrected chi connectivity index (χ3v) is 7.22. The van der Waals surface area contributed by atoms with Gasteiger partial charge in [-0.15, -0.1) is 0 Å². The number of morpholine rings is 1. The minimum Gasteiger partial charge on any atom is -0.367 e. The van der Waals surface area contributed by atoms with Gasteiger partial charge in [0.1, 0.15) is 11.9 Å². The highest BCUT2D eigenvalue weighted by molar-refractivity contribution is 5.91. The summed E-state index contributed by atoms with van der Waals surface area (Å²) in [6.45, 7) is 3.32. The number of ether oxygens (including phenoxy) is 1. The Bertz CT molecular complexity index is 1240. The van der Waals surface area contributed by atoms with Gasteiger partial charge >= 0.3 is 0 Å². The van der Waals surface area contributed by atoms with Gasteiger partial charge in [0, 0.05) is 42.7 Å². The standard InChI is InChI=1S/C30H38N4O4/c1-21(35)10-4-2-7-15-26(34-18-19-38-27(20-34)29(31)36)30(37)32-17-16-24-23-13-8-9-14-25(23)33-28(24)22-11-5-3-6-12-22/h3,5-6,8-9,11-14,26-27,33H,2,4,7,10,15-20H2,1H3,(H2,31,36)(H,32,37)/t26-,27?/m0/s1. The molecule has 4 N–H and O–H groups in total. The van der Waals surface area contributed by atoms with Crippen LogP contribution in [0.3, 0.4) is 0 Å². The Morgan fingerprint density at radius 1 is 1.08 bits per heavy atom. The summed E-state index contributed by atoms with van der Waals surface area (Å²) >= 11 is 0. The molecule has 1 saturated heterocycles. The van der Waals surface area contributed by atoms with E-state index >= 15 is 0 Å². The van der Waals surface area contributed by atoms with Gasteiger partial charge in [-0.2, -0.15) is 0 Å². The van der Waals surface area contributed by atoms with E-state index in [1.165, 1.54) is 5.56 Å². The van der Waals surface area contributed by atoms with Crippen molar-refractivity contribution in [1.29, 1.82) is 0 Å². The number of nitrogens with zero attached hydrogens (tertiary/aromatic N) is 1. The van der Waals surface area contributed by atoms with E-state index in [-0.39, 0.29) is 17.7 Å². The summed E-state index contributed by atoms with van der Waals surface area (Å²) in [6.07, 6.45) is 3.70. The first kappa shape index (κ1) is 27.5. The number of rotatable bonds is 13. The molecule has 2 amide bonds. The molecule has 1 unspecified atom stereocenters. The number of H-pyrrole nitrogens is 1. The van der Waals surface area contributed by atoms with Crippen molar-refractivity contribution < 1.29 is 19.1 Å². The maximum Gasteiger partial charge on any atom is 0.247 e. The van der Waals surface area contributed by atoms with Crippen molar-refractivity contribution in [1.82, 2.24) is 15.2 Å². The molecule has 0 bridgehead atoms. The van der Waals surface area contributed by atoms with Crippen molar-refractivity contribution in [2.45, 2.75) is 57.6 Å². The summed E-state index contributed by atoms with van der Waals surface area (Å²) in [5, 5.41) is 4.31. The van der Waals surface area contributed by atoms with Crippen LogP contribution in [-0.4, -0.2) is 65.9 Å². The molecule has 202 valence electrons. The van der Waals surface area contributed by atoms with Crippen molar-refractivity contribution in [2.75, 3.05) is 26.2 Å². The number of hydrogen-bond acceptors (Lipinski definition) is 5. The summed E-state index contributed by atoms with van der Waals surface area (Å²) in [4.78, 5) is 42.1. The number of unbranched alkanes of at least 4 members (excludes halogenated alkanes) is 2. The molecule has 38 heavy (non-hydrogen) atoms. The molecule has 8 nitrogen and oxygen atoms in total. The van der Waals surface area contributed by atoms with Gasteiger partial charge in [-0.1, -0.05) is 61.4 Å². The zero-order valence-corrected chi connectivity index (χ0v) is 22.1. The lowest BCUT2D eigenvalue weighted by Crippen LogP contribution is -2.56. The maximum atomic E-state index is 13.5. The number of Topliss-reactive ketones (excluding diaryl/α,β-unsaturated/α-hetero) is 1. The van der Waals surface area contributed by atoms with Crippen LogP contribution in [0, 0.1) is 0 Å². The molecule has 1 aliphatic heterocycles. The number of nitrogens with two attached hydrogens (primary N) is 1. The number of para-hydroxylation sites is 1. The fraction of sp³-hybridized carbons (Fsp3) is 0.433. The number of fused-ring (bicyclic) bond motifs is 1. The van der Waals surface area contributed by atoms with Gasteiger partial charge in [-0.05, 0) is 43.4 Å². The van der Waals surface area contributed by atoms with E-state index in [0.29, 0.717) is 45.5 Å². The van der Waals surface area contributed by atoms with Crippen LogP contribution in [0.4, 0.5) is 0 Å². The lowest BCUT2D eigenvalue weighted by molar-refractivity contribution is -0.141. The Morgan fingerprint density at radius 2 is 1.84 bits per heavy atom. The van der Waals surface area contributed by atoms with Crippen molar-refractivity contribution in [3.05, 3.63) is 60.2 Å². The predicted molar refractivity (Wildman–Crippen MR) is 149 cm³/mol. The molecule has 4 rings (SSSR count). The van der Waals surface area contributed by atoms with E-state index in [0.717, 1.165) is 41.4 Å². The molecule has 8 heteroatoms. The Hall–Kier alpha value is -3.49. The van der Waals surface area contributed by atoms with Crippen LogP contribution in [0.5, 0.6) is 0 Å². The normalized spacial score (nSPS) is 16.8. The highest BCUT2D eigenvalue weighted by Crippen LogP contribution is 2.30. The molecular formula is C30H38N4O4. The summed E-state index contributed by atoms with van der Waals surface area (Å²) in [5.41, 5.74) is 9.92. The van der Waals surface area contributed by atoms with Gasteiger partial charge in [0.25, 0.3) is 0 Å². The van der Waals surface area contributed by atoms with Gasteiger partial charge < -0.3 is 25.6 Å². The lowest BCUT2D eigenvalue weighted by Gasteiger charge is -2.36. The van der Waals surface area contributed by atoms with Crippen LogP contribution < -0.4 is 11.1 Å². The quantitative estimate of drug-likeness (QED) is 0.299.